The van der Waals surface area contributed by atoms with Crippen LogP contribution in [0.3, 0.4) is 0 Å². The van der Waals surface area contributed by atoms with Crippen molar-refractivity contribution in [2.24, 2.45) is 11.8 Å². The fourth-order valence-corrected chi connectivity index (χ4v) is 1.41. The summed E-state index contributed by atoms with van der Waals surface area (Å²) in [7, 11) is 0. The van der Waals surface area contributed by atoms with Crippen molar-refractivity contribution in [2.75, 3.05) is 6.61 Å². The molecule has 1 fully saturated rings. The second-order valence-electron chi connectivity index (χ2n) is 3.66. The molecule has 0 heterocycles. The van der Waals surface area contributed by atoms with Crippen LogP contribution >= 0.6 is 0 Å². The zero-order chi connectivity index (χ0) is 9.14. The quantitative estimate of drug-likeness (QED) is 0.699. The fraction of sp³-hybridized carbons (Fsp3) is 0.889. The van der Waals surface area contributed by atoms with Crippen LogP contribution in [0, 0.1) is 11.8 Å². The van der Waals surface area contributed by atoms with Crippen LogP contribution in [-0.4, -0.2) is 23.8 Å². The van der Waals surface area contributed by atoms with Crippen LogP contribution in [-0.2, 0) is 9.53 Å². The summed E-state index contributed by atoms with van der Waals surface area (Å²) >= 11 is 0. The Balaban J connectivity index is 2.21. The van der Waals surface area contributed by atoms with Crippen molar-refractivity contribution in [3.05, 3.63) is 0 Å². The van der Waals surface area contributed by atoms with E-state index in [4.69, 9.17) is 9.84 Å². The lowest BCUT2D eigenvalue weighted by atomic mass is 9.74. The Morgan fingerprint density at radius 3 is 2.58 bits per heavy atom. The SMILES string of the molecule is CC(C)OCC1CCC1C(=O)O. The van der Waals surface area contributed by atoms with Crippen LogP contribution in [0.2, 0.25) is 0 Å². The molecule has 0 saturated heterocycles. The minimum absolute atomic E-state index is 0.149. The molecule has 1 rings (SSSR count). The van der Waals surface area contributed by atoms with Gasteiger partial charge in [0.25, 0.3) is 0 Å². The summed E-state index contributed by atoms with van der Waals surface area (Å²) in [4.78, 5) is 10.6. The van der Waals surface area contributed by atoms with Crippen LogP contribution in [0.5, 0.6) is 0 Å². The number of hydrogen-bond acceptors (Lipinski definition) is 2. The predicted octanol–water partition coefficient (Wildman–Crippen LogP) is 1.52. The van der Waals surface area contributed by atoms with Gasteiger partial charge in [0.05, 0.1) is 18.6 Å². The van der Waals surface area contributed by atoms with E-state index in [1.165, 1.54) is 0 Å². The van der Waals surface area contributed by atoms with E-state index < -0.39 is 5.97 Å². The Labute approximate surface area is 72.7 Å². The third-order valence-electron chi connectivity index (χ3n) is 2.38. The lowest BCUT2D eigenvalue weighted by Crippen LogP contribution is -2.36. The van der Waals surface area contributed by atoms with Crippen molar-refractivity contribution in [3.63, 3.8) is 0 Å². The monoisotopic (exact) mass is 172 g/mol. The van der Waals surface area contributed by atoms with Crippen molar-refractivity contribution < 1.29 is 14.6 Å². The van der Waals surface area contributed by atoms with Gasteiger partial charge in [-0.25, -0.2) is 0 Å². The van der Waals surface area contributed by atoms with E-state index in [0.717, 1.165) is 12.8 Å². The highest BCUT2D eigenvalue weighted by Crippen LogP contribution is 2.34. The summed E-state index contributed by atoms with van der Waals surface area (Å²) in [6, 6.07) is 0. The minimum atomic E-state index is -0.668. The van der Waals surface area contributed by atoms with Crippen LogP contribution in [0.25, 0.3) is 0 Å². The lowest BCUT2D eigenvalue weighted by Gasteiger charge is -2.33. The molecule has 1 N–H and O–H groups in total. The molecule has 0 spiro atoms. The van der Waals surface area contributed by atoms with Crippen LogP contribution in [0.15, 0.2) is 0 Å². The number of ether oxygens (including phenoxy) is 1. The lowest BCUT2D eigenvalue weighted by molar-refractivity contribution is -0.150. The van der Waals surface area contributed by atoms with E-state index in [1.807, 2.05) is 13.8 Å². The molecule has 0 aliphatic heterocycles. The maximum atomic E-state index is 10.6. The van der Waals surface area contributed by atoms with Crippen molar-refractivity contribution in [1.82, 2.24) is 0 Å². The first-order chi connectivity index (χ1) is 5.61. The molecule has 0 amide bonds. The largest absolute Gasteiger partial charge is 0.481 e. The Morgan fingerprint density at radius 1 is 1.58 bits per heavy atom. The second-order valence-corrected chi connectivity index (χ2v) is 3.66. The number of carboxylic acid groups (broad SMARTS) is 1. The molecule has 12 heavy (non-hydrogen) atoms. The summed E-state index contributed by atoms with van der Waals surface area (Å²) in [5, 5.41) is 8.71. The highest BCUT2D eigenvalue weighted by atomic mass is 16.5. The zero-order valence-corrected chi connectivity index (χ0v) is 7.62. The smallest absolute Gasteiger partial charge is 0.306 e. The van der Waals surface area contributed by atoms with Gasteiger partial charge in [-0.1, -0.05) is 0 Å². The maximum Gasteiger partial charge on any atom is 0.306 e. The first-order valence-corrected chi connectivity index (χ1v) is 4.45. The van der Waals surface area contributed by atoms with Gasteiger partial charge < -0.3 is 9.84 Å². The normalized spacial score (nSPS) is 28.6. The maximum absolute atomic E-state index is 10.6. The van der Waals surface area contributed by atoms with E-state index in [1.54, 1.807) is 0 Å². The summed E-state index contributed by atoms with van der Waals surface area (Å²) in [5.74, 6) is -0.563. The fourth-order valence-electron chi connectivity index (χ4n) is 1.41. The van der Waals surface area contributed by atoms with Crippen LogP contribution in [0.4, 0.5) is 0 Å². The summed E-state index contributed by atoms with van der Waals surface area (Å²) in [6.07, 6.45) is 2.03. The van der Waals surface area contributed by atoms with Gasteiger partial charge in [0.15, 0.2) is 0 Å². The molecule has 0 radical (unpaired) electrons. The van der Waals surface area contributed by atoms with Gasteiger partial charge in [-0.15, -0.1) is 0 Å². The van der Waals surface area contributed by atoms with E-state index in [9.17, 15) is 4.79 Å². The topological polar surface area (TPSA) is 46.5 Å². The minimum Gasteiger partial charge on any atom is -0.481 e. The third-order valence-corrected chi connectivity index (χ3v) is 2.38. The van der Waals surface area contributed by atoms with Crippen molar-refractivity contribution in [3.8, 4) is 0 Å². The second kappa shape index (κ2) is 3.90. The molecule has 0 bridgehead atoms. The molecule has 0 aromatic carbocycles. The van der Waals surface area contributed by atoms with Gasteiger partial charge in [-0.3, -0.25) is 4.79 Å². The molecule has 70 valence electrons. The summed E-state index contributed by atoms with van der Waals surface area (Å²) in [6.45, 7) is 4.54. The molecule has 1 saturated carbocycles. The molecule has 0 aromatic heterocycles. The average molecular weight is 172 g/mol. The number of carbonyl (C=O) groups is 1. The number of hydrogen-bond donors (Lipinski definition) is 1. The number of rotatable bonds is 4. The number of aliphatic carboxylic acids is 1. The number of carboxylic acids is 1. The van der Waals surface area contributed by atoms with Gasteiger partial charge in [0.2, 0.25) is 0 Å². The standard InChI is InChI=1S/C9H16O3/c1-6(2)12-5-7-3-4-8(7)9(10)11/h6-8H,3-5H2,1-2H3,(H,10,11). The molecular formula is C9H16O3. The molecule has 2 atom stereocenters. The van der Waals surface area contributed by atoms with Gasteiger partial charge in [0.1, 0.15) is 0 Å². The summed E-state index contributed by atoms with van der Waals surface area (Å²) in [5.41, 5.74) is 0. The molecular weight excluding hydrogens is 156 g/mol. The van der Waals surface area contributed by atoms with Gasteiger partial charge in [-0.05, 0) is 32.6 Å². The first-order valence-electron chi connectivity index (χ1n) is 4.45. The van der Waals surface area contributed by atoms with Crippen molar-refractivity contribution in [1.29, 1.82) is 0 Å². The third kappa shape index (κ3) is 2.21. The van der Waals surface area contributed by atoms with Crippen molar-refractivity contribution in [2.45, 2.75) is 32.8 Å². The molecule has 3 heteroatoms. The van der Waals surface area contributed by atoms with Gasteiger partial charge in [-0.2, -0.15) is 0 Å². The summed E-state index contributed by atoms with van der Waals surface area (Å²) < 4.78 is 5.36. The highest BCUT2D eigenvalue weighted by molar-refractivity contribution is 5.71. The molecule has 0 aromatic rings. The molecule has 1 aliphatic rings. The van der Waals surface area contributed by atoms with Crippen molar-refractivity contribution >= 4 is 5.97 Å². The van der Waals surface area contributed by atoms with Gasteiger partial charge >= 0.3 is 5.97 Å². The van der Waals surface area contributed by atoms with Gasteiger partial charge in [0, 0.05) is 0 Å². The Hall–Kier alpha value is -0.570. The van der Waals surface area contributed by atoms with Crippen LogP contribution < -0.4 is 0 Å². The van der Waals surface area contributed by atoms with E-state index >= 15 is 0 Å². The first kappa shape index (κ1) is 9.52. The molecule has 3 nitrogen and oxygen atoms in total. The average Bonchev–Trinajstić information content (AvgIpc) is 1.82. The Bertz CT molecular complexity index is 165. The highest BCUT2D eigenvalue weighted by Gasteiger charge is 2.36. The van der Waals surface area contributed by atoms with E-state index in [-0.39, 0.29) is 17.9 Å². The van der Waals surface area contributed by atoms with E-state index in [2.05, 4.69) is 0 Å². The van der Waals surface area contributed by atoms with E-state index in [0.29, 0.717) is 6.61 Å². The van der Waals surface area contributed by atoms with Crippen LogP contribution in [0.1, 0.15) is 26.7 Å². The Kier molecular flexibility index (Phi) is 3.09. The molecule has 1 aliphatic carbocycles. The Morgan fingerprint density at radius 2 is 2.25 bits per heavy atom. The predicted molar refractivity (Wildman–Crippen MR) is 44.9 cm³/mol. The zero-order valence-electron chi connectivity index (χ0n) is 7.62. The molecule has 2 unspecified atom stereocenters.